The van der Waals surface area contributed by atoms with Gasteiger partial charge in [0.25, 0.3) is 0 Å². The maximum absolute atomic E-state index is 7.83. The van der Waals surface area contributed by atoms with Crippen LogP contribution in [-0.2, 0) is 12.8 Å². The van der Waals surface area contributed by atoms with Gasteiger partial charge in [0.2, 0.25) is 0 Å². The van der Waals surface area contributed by atoms with Crippen molar-refractivity contribution in [3.05, 3.63) is 64.7 Å². The van der Waals surface area contributed by atoms with Crippen LogP contribution in [0.25, 0.3) is 0 Å². The zero-order chi connectivity index (χ0) is 14.8. The zero-order valence-electron chi connectivity index (χ0n) is 12.4. The summed E-state index contributed by atoms with van der Waals surface area (Å²) in [6, 6.07) is 14.7. The van der Waals surface area contributed by atoms with Crippen molar-refractivity contribution in [2.75, 3.05) is 18.0 Å². The number of aryl methyl sites for hydroxylation is 1. The summed E-state index contributed by atoms with van der Waals surface area (Å²) in [5, 5.41) is 7.83. The van der Waals surface area contributed by atoms with Crippen molar-refractivity contribution < 1.29 is 0 Å². The first-order valence-electron chi connectivity index (χ1n) is 7.42. The quantitative estimate of drug-likeness (QED) is 0.656. The number of nitrogens with two attached hydrogens (primary N) is 1. The molecule has 0 atom stereocenters. The average molecular weight is 279 g/mol. The molecule has 1 heterocycles. The molecule has 0 amide bonds. The number of nitrogens with zero attached hydrogens (tertiary/aromatic N) is 1. The topological polar surface area (TPSA) is 53.1 Å². The third-order valence-electron chi connectivity index (χ3n) is 4.26. The predicted molar refractivity (Wildman–Crippen MR) is 88.3 cm³/mol. The Labute approximate surface area is 125 Å². The molecule has 21 heavy (non-hydrogen) atoms. The van der Waals surface area contributed by atoms with Crippen LogP contribution in [0.1, 0.15) is 22.3 Å². The van der Waals surface area contributed by atoms with Gasteiger partial charge in [0.1, 0.15) is 5.84 Å². The van der Waals surface area contributed by atoms with E-state index in [-0.39, 0.29) is 5.84 Å². The molecule has 0 saturated carbocycles. The van der Waals surface area contributed by atoms with E-state index in [9.17, 15) is 0 Å². The third-order valence-corrected chi connectivity index (χ3v) is 4.26. The van der Waals surface area contributed by atoms with Crippen LogP contribution in [0.5, 0.6) is 0 Å². The minimum absolute atomic E-state index is 0.149. The van der Waals surface area contributed by atoms with E-state index in [1.54, 1.807) is 0 Å². The lowest BCUT2D eigenvalue weighted by atomic mass is 10.0. The lowest BCUT2D eigenvalue weighted by Crippen LogP contribution is -2.29. The van der Waals surface area contributed by atoms with Gasteiger partial charge in [-0.1, -0.05) is 36.4 Å². The molecule has 3 rings (SSSR count). The number of hydrogen-bond acceptors (Lipinski definition) is 2. The molecule has 2 aromatic carbocycles. The first-order chi connectivity index (χ1) is 10.2. The summed E-state index contributed by atoms with van der Waals surface area (Å²) in [6.45, 7) is 4.05. The maximum atomic E-state index is 7.83. The Morgan fingerprint density at radius 2 is 1.62 bits per heavy atom. The lowest BCUT2D eigenvalue weighted by molar-refractivity contribution is 0.801. The standard InChI is InChI=1S/C18H21N3/c1-13-5-4-8-16(18(19)20)17(13)21-11-9-14-6-2-3-7-15(14)10-12-21/h2-8H,9-12H2,1H3,(H3,19,20). The molecule has 3 N–H and O–H groups in total. The number of benzene rings is 2. The molecule has 108 valence electrons. The fraction of sp³-hybridized carbons (Fsp3) is 0.278. The normalized spacial score (nSPS) is 14.4. The van der Waals surface area contributed by atoms with Crippen LogP contribution in [0.3, 0.4) is 0 Å². The van der Waals surface area contributed by atoms with Crippen LogP contribution in [0.2, 0.25) is 0 Å². The minimum Gasteiger partial charge on any atom is -0.384 e. The van der Waals surface area contributed by atoms with Crippen molar-refractivity contribution in [1.29, 1.82) is 5.41 Å². The molecule has 3 heteroatoms. The monoisotopic (exact) mass is 279 g/mol. The second kappa shape index (κ2) is 5.60. The van der Waals surface area contributed by atoms with Gasteiger partial charge >= 0.3 is 0 Å². The molecule has 3 nitrogen and oxygen atoms in total. The van der Waals surface area contributed by atoms with Gasteiger partial charge in [0, 0.05) is 18.7 Å². The number of nitrogens with one attached hydrogen (secondary N) is 1. The predicted octanol–water partition coefficient (Wildman–Crippen LogP) is 2.88. The molecule has 0 saturated heterocycles. The van der Waals surface area contributed by atoms with Crippen LogP contribution in [0, 0.1) is 12.3 Å². The molecule has 0 aromatic heterocycles. The van der Waals surface area contributed by atoms with Crippen molar-refractivity contribution in [3.63, 3.8) is 0 Å². The second-order valence-electron chi connectivity index (χ2n) is 5.64. The largest absolute Gasteiger partial charge is 0.384 e. The molecule has 1 aliphatic heterocycles. The van der Waals surface area contributed by atoms with E-state index >= 15 is 0 Å². The van der Waals surface area contributed by atoms with Gasteiger partial charge in [0.05, 0.1) is 5.69 Å². The second-order valence-corrected chi connectivity index (χ2v) is 5.64. The Kier molecular flexibility index (Phi) is 3.65. The number of para-hydroxylation sites is 1. The lowest BCUT2D eigenvalue weighted by Gasteiger charge is -2.27. The number of nitrogen functional groups attached to an aromatic ring is 1. The number of rotatable bonds is 2. The molecule has 0 radical (unpaired) electrons. The summed E-state index contributed by atoms with van der Waals surface area (Å²) < 4.78 is 0. The molecular weight excluding hydrogens is 258 g/mol. The van der Waals surface area contributed by atoms with Gasteiger partial charge in [-0.05, 0) is 42.5 Å². The van der Waals surface area contributed by atoms with Crippen molar-refractivity contribution in [1.82, 2.24) is 0 Å². The summed E-state index contributed by atoms with van der Waals surface area (Å²) in [7, 11) is 0. The van der Waals surface area contributed by atoms with Crippen LogP contribution in [0.4, 0.5) is 5.69 Å². The van der Waals surface area contributed by atoms with Gasteiger partial charge in [-0.2, -0.15) is 0 Å². The maximum Gasteiger partial charge on any atom is 0.124 e. The fourth-order valence-corrected chi connectivity index (χ4v) is 3.19. The summed E-state index contributed by atoms with van der Waals surface area (Å²) in [5.74, 6) is 0.149. The van der Waals surface area contributed by atoms with E-state index in [1.807, 2.05) is 12.1 Å². The summed E-state index contributed by atoms with van der Waals surface area (Å²) >= 11 is 0. The number of amidine groups is 1. The number of hydrogen-bond donors (Lipinski definition) is 2. The van der Waals surface area contributed by atoms with Gasteiger partial charge in [-0.25, -0.2) is 0 Å². The molecule has 0 unspecified atom stereocenters. The number of fused-ring (bicyclic) bond motifs is 1. The van der Waals surface area contributed by atoms with E-state index in [4.69, 9.17) is 11.1 Å². The third kappa shape index (κ3) is 2.64. The van der Waals surface area contributed by atoms with Crippen molar-refractivity contribution in [2.45, 2.75) is 19.8 Å². The fourth-order valence-electron chi connectivity index (χ4n) is 3.19. The minimum atomic E-state index is 0.149. The Morgan fingerprint density at radius 3 is 2.19 bits per heavy atom. The Morgan fingerprint density at radius 1 is 1.00 bits per heavy atom. The van der Waals surface area contributed by atoms with Crippen LogP contribution in [0.15, 0.2) is 42.5 Å². The summed E-state index contributed by atoms with van der Waals surface area (Å²) in [5.41, 5.74) is 11.8. The highest BCUT2D eigenvalue weighted by Gasteiger charge is 2.18. The molecule has 0 bridgehead atoms. The van der Waals surface area contributed by atoms with Crippen molar-refractivity contribution in [3.8, 4) is 0 Å². The highest BCUT2D eigenvalue weighted by atomic mass is 15.1. The van der Waals surface area contributed by atoms with E-state index in [2.05, 4.69) is 42.2 Å². The molecule has 0 spiro atoms. The first kappa shape index (κ1) is 13.7. The Bertz CT molecular complexity index is 649. The summed E-state index contributed by atoms with van der Waals surface area (Å²) in [6.07, 6.45) is 2.09. The molecule has 2 aromatic rings. The molecule has 0 fully saturated rings. The SMILES string of the molecule is Cc1cccc(C(=N)N)c1N1CCc2ccccc2CC1. The molecule has 1 aliphatic rings. The molecular formula is C18H21N3. The van der Waals surface area contributed by atoms with E-state index < -0.39 is 0 Å². The van der Waals surface area contributed by atoms with Crippen molar-refractivity contribution >= 4 is 11.5 Å². The van der Waals surface area contributed by atoms with E-state index in [0.29, 0.717) is 0 Å². The zero-order valence-corrected chi connectivity index (χ0v) is 12.4. The van der Waals surface area contributed by atoms with Crippen LogP contribution in [-0.4, -0.2) is 18.9 Å². The van der Waals surface area contributed by atoms with Gasteiger partial charge in [0.15, 0.2) is 0 Å². The van der Waals surface area contributed by atoms with Gasteiger partial charge in [-0.15, -0.1) is 0 Å². The van der Waals surface area contributed by atoms with Crippen LogP contribution >= 0.6 is 0 Å². The van der Waals surface area contributed by atoms with Gasteiger partial charge in [-0.3, -0.25) is 5.41 Å². The van der Waals surface area contributed by atoms with Crippen LogP contribution < -0.4 is 10.6 Å². The first-order valence-corrected chi connectivity index (χ1v) is 7.42. The van der Waals surface area contributed by atoms with E-state index in [0.717, 1.165) is 37.2 Å². The van der Waals surface area contributed by atoms with Crippen molar-refractivity contribution in [2.24, 2.45) is 5.73 Å². The highest BCUT2D eigenvalue weighted by Crippen LogP contribution is 2.27. The summed E-state index contributed by atoms with van der Waals surface area (Å²) in [4.78, 5) is 2.38. The highest BCUT2D eigenvalue weighted by molar-refractivity contribution is 6.01. The Balaban J connectivity index is 1.95. The van der Waals surface area contributed by atoms with E-state index in [1.165, 1.54) is 16.7 Å². The Hall–Kier alpha value is -2.29. The molecule has 0 aliphatic carbocycles. The smallest absolute Gasteiger partial charge is 0.124 e. The number of anilines is 1. The van der Waals surface area contributed by atoms with Gasteiger partial charge < -0.3 is 10.6 Å². The average Bonchev–Trinajstić information content (AvgIpc) is 2.69.